The molecular formula is C25H18Cl2N4O4S. The summed E-state index contributed by atoms with van der Waals surface area (Å²) in [4.78, 5) is 49.3. The summed E-state index contributed by atoms with van der Waals surface area (Å²) in [5, 5.41) is 12.2. The lowest BCUT2D eigenvalue weighted by molar-refractivity contribution is -0.132. The number of aliphatic hydroxyl groups is 1. The maximum absolute atomic E-state index is 13.4. The van der Waals surface area contributed by atoms with Crippen molar-refractivity contribution in [3.63, 3.8) is 0 Å². The largest absolute Gasteiger partial charge is 0.505 e. The van der Waals surface area contributed by atoms with E-state index in [1.807, 2.05) is 0 Å². The zero-order valence-corrected chi connectivity index (χ0v) is 21.6. The molecule has 4 aromatic rings. The van der Waals surface area contributed by atoms with Crippen molar-refractivity contribution >= 4 is 68.6 Å². The second kappa shape index (κ2) is 8.85. The van der Waals surface area contributed by atoms with Crippen molar-refractivity contribution in [2.75, 3.05) is 4.90 Å². The van der Waals surface area contributed by atoms with Gasteiger partial charge in [-0.15, -0.1) is 0 Å². The maximum atomic E-state index is 13.4. The summed E-state index contributed by atoms with van der Waals surface area (Å²) in [6.45, 7) is 4.77. The van der Waals surface area contributed by atoms with E-state index in [0.717, 1.165) is 11.3 Å². The van der Waals surface area contributed by atoms with Crippen LogP contribution in [0.1, 0.15) is 45.3 Å². The normalized spacial score (nSPS) is 17.4. The predicted molar refractivity (Wildman–Crippen MR) is 138 cm³/mol. The highest BCUT2D eigenvalue weighted by atomic mass is 35.5. The molecule has 0 bridgehead atoms. The number of halogens is 2. The maximum Gasteiger partial charge on any atom is 0.301 e. The Morgan fingerprint density at radius 1 is 1.06 bits per heavy atom. The monoisotopic (exact) mass is 540 g/mol. The Balaban J connectivity index is 1.80. The second-order valence-electron chi connectivity index (χ2n) is 8.28. The number of imidazole rings is 1. The number of rotatable bonds is 4. The number of hydrogen-bond acceptors (Lipinski definition) is 7. The van der Waals surface area contributed by atoms with Gasteiger partial charge in [-0.1, -0.05) is 46.7 Å². The molecule has 0 radical (unpaired) electrons. The summed E-state index contributed by atoms with van der Waals surface area (Å²) in [6, 6.07) is 8.97. The smallest absolute Gasteiger partial charge is 0.301 e. The van der Waals surface area contributed by atoms with Crippen LogP contribution in [0.5, 0.6) is 0 Å². The fourth-order valence-electron chi connectivity index (χ4n) is 4.37. The fourth-order valence-corrected chi connectivity index (χ4v) is 5.66. The minimum absolute atomic E-state index is 0.149. The Morgan fingerprint density at radius 3 is 2.47 bits per heavy atom. The van der Waals surface area contributed by atoms with E-state index < -0.39 is 17.7 Å². The Hall–Kier alpha value is -3.53. The van der Waals surface area contributed by atoms with E-state index in [1.54, 1.807) is 54.8 Å². The second-order valence-corrected chi connectivity index (χ2v) is 10.1. The predicted octanol–water partition coefficient (Wildman–Crippen LogP) is 5.54. The highest BCUT2D eigenvalue weighted by Crippen LogP contribution is 2.45. The van der Waals surface area contributed by atoms with Gasteiger partial charge >= 0.3 is 5.91 Å². The molecule has 0 saturated carbocycles. The number of nitrogens with zero attached hydrogens (tertiary/aromatic N) is 4. The molecule has 8 nitrogen and oxygen atoms in total. The van der Waals surface area contributed by atoms with Gasteiger partial charge in [0, 0.05) is 13.1 Å². The van der Waals surface area contributed by atoms with Gasteiger partial charge in [-0.05, 0) is 43.7 Å². The molecule has 0 aliphatic carbocycles. The van der Waals surface area contributed by atoms with Crippen LogP contribution in [-0.4, -0.2) is 36.9 Å². The van der Waals surface area contributed by atoms with Gasteiger partial charge < -0.3 is 5.11 Å². The molecule has 1 atom stereocenters. The standard InChI is InChI=1S/C25H18Cl2N4O4S/c1-11-19(30-9-5-4-6-17(30)28-11)21(33)18-20(14-7-8-15(26)16(27)10-14)31(24(35)22(18)34)25-29-12(2)23(36-25)13(3)32/h4-10,20,33H,1-3H3/b21-18+. The van der Waals surface area contributed by atoms with Gasteiger partial charge in [-0.2, -0.15) is 0 Å². The van der Waals surface area contributed by atoms with E-state index in [4.69, 9.17) is 23.2 Å². The molecule has 1 aromatic carbocycles. The van der Waals surface area contributed by atoms with Crippen molar-refractivity contribution in [1.82, 2.24) is 14.4 Å². The number of hydrogen-bond donors (Lipinski definition) is 1. The first kappa shape index (κ1) is 24.2. The number of Topliss-reactive ketones (excluding diaryl/α,β-unsaturated/α-hetero) is 2. The van der Waals surface area contributed by atoms with Crippen LogP contribution in [0.4, 0.5) is 5.13 Å². The number of aliphatic hydroxyl groups excluding tert-OH is 1. The SMILES string of the molecule is CC(=O)c1sc(N2C(=O)C(=O)/C(=C(/O)c3c(C)nc4ccccn34)C2c2ccc(Cl)c(Cl)c2)nc1C. The third-order valence-electron chi connectivity index (χ3n) is 5.94. The topological polar surface area (TPSA) is 105 Å². The molecule has 1 unspecified atom stereocenters. The van der Waals surface area contributed by atoms with E-state index in [0.29, 0.717) is 32.5 Å². The van der Waals surface area contributed by atoms with Gasteiger partial charge in [-0.3, -0.25) is 23.7 Å². The molecule has 3 aromatic heterocycles. The average molecular weight is 541 g/mol. The van der Waals surface area contributed by atoms with Crippen molar-refractivity contribution in [2.45, 2.75) is 26.8 Å². The number of ketones is 2. The molecule has 1 saturated heterocycles. The number of benzene rings is 1. The minimum Gasteiger partial charge on any atom is -0.505 e. The number of carbonyl (C=O) groups is 3. The first-order chi connectivity index (χ1) is 17.1. The lowest BCUT2D eigenvalue weighted by Gasteiger charge is -2.23. The van der Waals surface area contributed by atoms with Crippen molar-refractivity contribution in [3.8, 4) is 0 Å². The molecule has 182 valence electrons. The number of carbonyl (C=O) groups excluding carboxylic acids is 3. The van der Waals surface area contributed by atoms with Gasteiger partial charge in [0.05, 0.1) is 37.9 Å². The van der Waals surface area contributed by atoms with Gasteiger partial charge in [-0.25, -0.2) is 9.97 Å². The van der Waals surface area contributed by atoms with Crippen molar-refractivity contribution < 1.29 is 19.5 Å². The highest BCUT2D eigenvalue weighted by molar-refractivity contribution is 7.18. The third-order valence-corrected chi connectivity index (χ3v) is 7.94. The van der Waals surface area contributed by atoms with E-state index in [2.05, 4.69) is 9.97 Å². The van der Waals surface area contributed by atoms with Crippen LogP contribution < -0.4 is 4.90 Å². The molecule has 1 aliphatic heterocycles. The molecule has 11 heteroatoms. The fraction of sp³-hybridized carbons (Fsp3) is 0.160. The van der Waals surface area contributed by atoms with Gasteiger partial charge in [0.15, 0.2) is 16.7 Å². The molecule has 1 N–H and O–H groups in total. The van der Waals surface area contributed by atoms with Crippen molar-refractivity contribution in [3.05, 3.63) is 85.7 Å². The Kier molecular flexibility index (Phi) is 5.94. The summed E-state index contributed by atoms with van der Waals surface area (Å²) < 4.78 is 1.64. The van der Waals surface area contributed by atoms with Crippen LogP contribution in [0, 0.1) is 13.8 Å². The van der Waals surface area contributed by atoms with Crippen LogP contribution in [0.15, 0.2) is 48.2 Å². The number of anilines is 1. The van der Waals surface area contributed by atoms with Crippen LogP contribution in [0.25, 0.3) is 11.4 Å². The Labute approximate surface area is 219 Å². The number of amides is 1. The van der Waals surface area contributed by atoms with Crippen molar-refractivity contribution in [1.29, 1.82) is 0 Å². The van der Waals surface area contributed by atoms with E-state index >= 15 is 0 Å². The zero-order valence-electron chi connectivity index (χ0n) is 19.2. The molecule has 1 aliphatic rings. The molecule has 5 rings (SSSR count). The highest BCUT2D eigenvalue weighted by Gasteiger charge is 2.49. The van der Waals surface area contributed by atoms with Gasteiger partial charge in [0.2, 0.25) is 0 Å². The third kappa shape index (κ3) is 3.71. The molecule has 0 spiro atoms. The number of aromatic nitrogens is 3. The first-order valence-electron chi connectivity index (χ1n) is 10.8. The first-order valence-corrected chi connectivity index (χ1v) is 12.4. The summed E-state index contributed by atoms with van der Waals surface area (Å²) in [5.74, 6) is -2.38. The molecular weight excluding hydrogens is 523 g/mol. The van der Waals surface area contributed by atoms with Crippen LogP contribution in [-0.2, 0) is 9.59 Å². The van der Waals surface area contributed by atoms with Gasteiger partial charge in [0.1, 0.15) is 11.3 Å². The number of fused-ring (bicyclic) bond motifs is 1. The summed E-state index contributed by atoms with van der Waals surface area (Å²) in [7, 11) is 0. The summed E-state index contributed by atoms with van der Waals surface area (Å²) >= 11 is 13.4. The number of aryl methyl sites for hydroxylation is 2. The molecule has 4 heterocycles. The zero-order chi connectivity index (χ0) is 25.9. The summed E-state index contributed by atoms with van der Waals surface area (Å²) in [5.41, 5.74) is 2.06. The summed E-state index contributed by atoms with van der Waals surface area (Å²) in [6.07, 6.45) is 1.71. The number of thiazole rings is 1. The van der Waals surface area contributed by atoms with Crippen LogP contribution in [0.2, 0.25) is 10.0 Å². The Morgan fingerprint density at radius 2 is 1.81 bits per heavy atom. The average Bonchev–Trinajstić information content (AvgIpc) is 3.46. The molecule has 36 heavy (non-hydrogen) atoms. The van der Waals surface area contributed by atoms with E-state index in [1.165, 1.54) is 17.9 Å². The lowest BCUT2D eigenvalue weighted by Crippen LogP contribution is -2.29. The van der Waals surface area contributed by atoms with Crippen LogP contribution in [0.3, 0.4) is 0 Å². The quantitative estimate of drug-likeness (QED) is 0.157. The Bertz CT molecular complexity index is 1640. The minimum atomic E-state index is -1.07. The van der Waals surface area contributed by atoms with E-state index in [9.17, 15) is 19.5 Å². The molecule has 1 amide bonds. The number of pyridine rings is 1. The molecule has 1 fully saturated rings. The van der Waals surface area contributed by atoms with Crippen molar-refractivity contribution in [2.24, 2.45) is 0 Å². The van der Waals surface area contributed by atoms with Crippen LogP contribution >= 0.6 is 34.5 Å². The van der Waals surface area contributed by atoms with E-state index in [-0.39, 0.29) is 33.0 Å². The lowest BCUT2D eigenvalue weighted by atomic mass is 9.96. The van der Waals surface area contributed by atoms with Gasteiger partial charge in [0.25, 0.3) is 5.78 Å².